The van der Waals surface area contributed by atoms with Gasteiger partial charge in [0.15, 0.2) is 0 Å². The van der Waals surface area contributed by atoms with Crippen LogP contribution in [-0.2, 0) is 6.42 Å². The van der Waals surface area contributed by atoms with Gasteiger partial charge in [0.05, 0.1) is 0 Å². The molecule has 1 nitrogen and oxygen atoms in total. The Balaban J connectivity index is 1.73. The van der Waals surface area contributed by atoms with Crippen LogP contribution in [0.3, 0.4) is 0 Å². The average Bonchev–Trinajstić information content (AvgIpc) is 2.68. The minimum atomic E-state index is 0.442. The van der Waals surface area contributed by atoms with Crippen molar-refractivity contribution in [3.8, 4) is 0 Å². The van der Waals surface area contributed by atoms with Crippen molar-refractivity contribution in [2.75, 3.05) is 0 Å². The van der Waals surface area contributed by atoms with E-state index in [0.29, 0.717) is 6.04 Å². The molecule has 3 atom stereocenters. The van der Waals surface area contributed by atoms with Crippen LogP contribution in [0.4, 0.5) is 0 Å². The summed E-state index contributed by atoms with van der Waals surface area (Å²) in [5.74, 6) is 1.71. The molecule has 1 aliphatic rings. The lowest BCUT2D eigenvalue weighted by molar-refractivity contribution is 0.527. The first kappa shape index (κ1) is 9.22. The van der Waals surface area contributed by atoms with Gasteiger partial charge in [0.1, 0.15) is 0 Å². The second kappa shape index (κ2) is 3.81. The van der Waals surface area contributed by atoms with E-state index in [9.17, 15) is 0 Å². The molecule has 0 saturated heterocycles. The summed E-state index contributed by atoms with van der Waals surface area (Å²) in [5.41, 5.74) is 6.09. The molecule has 13 heavy (non-hydrogen) atoms. The van der Waals surface area contributed by atoms with E-state index in [1.54, 1.807) is 0 Å². The number of nitrogens with two attached hydrogens (primary N) is 1. The fourth-order valence-electron chi connectivity index (χ4n) is 1.93. The molecule has 0 amide bonds. The van der Waals surface area contributed by atoms with Gasteiger partial charge in [-0.15, -0.1) is 11.3 Å². The summed E-state index contributed by atoms with van der Waals surface area (Å²) in [7, 11) is 0. The van der Waals surface area contributed by atoms with E-state index in [-0.39, 0.29) is 0 Å². The summed E-state index contributed by atoms with van der Waals surface area (Å²) in [5, 5.41) is 2.14. The van der Waals surface area contributed by atoms with Crippen LogP contribution >= 0.6 is 11.3 Å². The van der Waals surface area contributed by atoms with E-state index in [2.05, 4.69) is 24.4 Å². The van der Waals surface area contributed by atoms with Crippen LogP contribution in [0.1, 0.15) is 24.6 Å². The molecule has 72 valence electrons. The first-order valence-corrected chi connectivity index (χ1v) is 5.93. The van der Waals surface area contributed by atoms with E-state index >= 15 is 0 Å². The Morgan fingerprint density at radius 3 is 3.00 bits per heavy atom. The molecule has 0 spiro atoms. The average molecular weight is 195 g/mol. The monoisotopic (exact) mass is 195 g/mol. The number of thiophene rings is 1. The molecule has 2 rings (SSSR count). The maximum Gasteiger partial charge on any atom is 0.00732 e. The first-order chi connectivity index (χ1) is 6.27. The Hall–Kier alpha value is -0.340. The summed E-state index contributed by atoms with van der Waals surface area (Å²) in [6.07, 6.45) is 3.68. The normalized spacial score (nSPS) is 28.8. The van der Waals surface area contributed by atoms with Crippen molar-refractivity contribution in [1.29, 1.82) is 0 Å². The molecule has 1 saturated carbocycles. The minimum Gasteiger partial charge on any atom is -0.327 e. The van der Waals surface area contributed by atoms with Gasteiger partial charge in [-0.2, -0.15) is 0 Å². The van der Waals surface area contributed by atoms with Crippen molar-refractivity contribution in [3.05, 3.63) is 22.4 Å². The molecule has 2 N–H and O–H groups in total. The summed E-state index contributed by atoms with van der Waals surface area (Å²) in [6.45, 7) is 2.30. The van der Waals surface area contributed by atoms with Crippen molar-refractivity contribution in [2.24, 2.45) is 17.6 Å². The maximum atomic E-state index is 6.09. The highest BCUT2D eigenvalue weighted by Gasteiger charge is 2.37. The van der Waals surface area contributed by atoms with Gasteiger partial charge in [-0.25, -0.2) is 0 Å². The van der Waals surface area contributed by atoms with Gasteiger partial charge >= 0.3 is 0 Å². The molecule has 1 aromatic heterocycles. The van der Waals surface area contributed by atoms with Crippen LogP contribution in [0.2, 0.25) is 0 Å². The SMILES string of the molecule is CC1CC1C(N)CCc1cccs1. The highest BCUT2D eigenvalue weighted by atomic mass is 32.1. The van der Waals surface area contributed by atoms with Gasteiger partial charge in [0.2, 0.25) is 0 Å². The van der Waals surface area contributed by atoms with Crippen LogP contribution in [0.5, 0.6) is 0 Å². The Kier molecular flexibility index (Phi) is 2.70. The van der Waals surface area contributed by atoms with Crippen LogP contribution in [0.15, 0.2) is 17.5 Å². The van der Waals surface area contributed by atoms with Gasteiger partial charge in [-0.1, -0.05) is 13.0 Å². The van der Waals surface area contributed by atoms with E-state index in [1.807, 2.05) is 11.3 Å². The molecule has 0 radical (unpaired) electrons. The van der Waals surface area contributed by atoms with Gasteiger partial charge in [-0.3, -0.25) is 0 Å². The highest BCUT2D eigenvalue weighted by molar-refractivity contribution is 7.09. The molecule has 0 bridgehead atoms. The van der Waals surface area contributed by atoms with Gasteiger partial charge < -0.3 is 5.73 Å². The number of aryl methyl sites for hydroxylation is 1. The zero-order valence-electron chi connectivity index (χ0n) is 8.07. The summed E-state index contributed by atoms with van der Waals surface area (Å²) < 4.78 is 0. The molecule has 1 aliphatic carbocycles. The third kappa shape index (κ3) is 2.32. The lowest BCUT2D eigenvalue weighted by Crippen LogP contribution is -2.23. The molecule has 2 heteroatoms. The van der Waals surface area contributed by atoms with Crippen molar-refractivity contribution in [3.63, 3.8) is 0 Å². The van der Waals surface area contributed by atoms with Crippen molar-refractivity contribution >= 4 is 11.3 Å². The second-order valence-corrected chi connectivity index (χ2v) is 5.19. The molecule has 3 unspecified atom stereocenters. The second-order valence-electron chi connectivity index (χ2n) is 4.16. The molecule has 0 aliphatic heterocycles. The van der Waals surface area contributed by atoms with E-state index in [0.717, 1.165) is 18.3 Å². The highest BCUT2D eigenvalue weighted by Crippen LogP contribution is 2.40. The van der Waals surface area contributed by atoms with Crippen LogP contribution in [0.25, 0.3) is 0 Å². The first-order valence-electron chi connectivity index (χ1n) is 5.05. The van der Waals surface area contributed by atoms with Gasteiger partial charge in [0, 0.05) is 10.9 Å². The van der Waals surface area contributed by atoms with Crippen molar-refractivity contribution < 1.29 is 0 Å². The summed E-state index contributed by atoms with van der Waals surface area (Å²) in [4.78, 5) is 1.48. The van der Waals surface area contributed by atoms with Crippen molar-refractivity contribution in [1.82, 2.24) is 0 Å². The lowest BCUT2D eigenvalue weighted by atomic mass is 10.1. The Bertz CT molecular complexity index is 255. The van der Waals surface area contributed by atoms with Crippen LogP contribution < -0.4 is 5.73 Å². The molecular weight excluding hydrogens is 178 g/mol. The fraction of sp³-hybridized carbons (Fsp3) is 0.636. The van der Waals surface area contributed by atoms with E-state index < -0.39 is 0 Å². The number of rotatable bonds is 4. The lowest BCUT2D eigenvalue weighted by Gasteiger charge is -2.09. The quantitative estimate of drug-likeness (QED) is 0.785. The van der Waals surface area contributed by atoms with Crippen LogP contribution in [0, 0.1) is 11.8 Å². The molecule has 1 aromatic rings. The predicted molar refractivity (Wildman–Crippen MR) is 57.9 cm³/mol. The predicted octanol–water partition coefficient (Wildman–Crippen LogP) is 2.66. The third-order valence-electron chi connectivity index (χ3n) is 3.03. The molecule has 1 fully saturated rings. The van der Waals surface area contributed by atoms with Crippen molar-refractivity contribution in [2.45, 2.75) is 32.2 Å². The largest absolute Gasteiger partial charge is 0.327 e. The van der Waals surface area contributed by atoms with Gasteiger partial charge in [-0.05, 0) is 42.5 Å². The van der Waals surface area contributed by atoms with E-state index in [1.165, 1.54) is 17.7 Å². The van der Waals surface area contributed by atoms with E-state index in [4.69, 9.17) is 5.73 Å². The zero-order chi connectivity index (χ0) is 9.26. The minimum absolute atomic E-state index is 0.442. The molecule has 1 heterocycles. The number of hydrogen-bond donors (Lipinski definition) is 1. The summed E-state index contributed by atoms with van der Waals surface area (Å²) in [6, 6.07) is 4.76. The maximum absolute atomic E-state index is 6.09. The van der Waals surface area contributed by atoms with Crippen LogP contribution in [-0.4, -0.2) is 6.04 Å². The fourth-order valence-corrected chi connectivity index (χ4v) is 2.65. The molecule has 0 aromatic carbocycles. The van der Waals surface area contributed by atoms with Gasteiger partial charge in [0.25, 0.3) is 0 Å². The number of hydrogen-bond acceptors (Lipinski definition) is 2. The zero-order valence-corrected chi connectivity index (χ0v) is 8.89. The molecular formula is C11H17NS. The topological polar surface area (TPSA) is 26.0 Å². The third-order valence-corrected chi connectivity index (χ3v) is 3.96. The Morgan fingerprint density at radius 2 is 2.46 bits per heavy atom. The Labute approximate surface area is 84.0 Å². The Morgan fingerprint density at radius 1 is 1.69 bits per heavy atom. The standard InChI is InChI=1S/C11H17NS/c1-8-7-10(8)11(12)5-4-9-3-2-6-13-9/h2-3,6,8,10-11H,4-5,7,12H2,1H3. The smallest absolute Gasteiger partial charge is 0.00732 e. The summed E-state index contributed by atoms with van der Waals surface area (Å²) >= 11 is 1.84.